The maximum absolute atomic E-state index is 14.0. The molecule has 1 atom stereocenters. The summed E-state index contributed by atoms with van der Waals surface area (Å²) in [6.45, 7) is 10.4. The highest BCUT2D eigenvalue weighted by Gasteiger charge is 2.34. The highest BCUT2D eigenvalue weighted by molar-refractivity contribution is 9.10. The van der Waals surface area contributed by atoms with E-state index in [1.54, 1.807) is 44.2 Å². The number of nitrogens with zero attached hydrogens (tertiary/aromatic N) is 2. The van der Waals surface area contributed by atoms with Gasteiger partial charge in [-0.3, -0.25) is 13.9 Å². The van der Waals surface area contributed by atoms with Crippen molar-refractivity contribution in [2.75, 3.05) is 10.8 Å². The van der Waals surface area contributed by atoms with Crippen LogP contribution < -0.4 is 9.62 Å². The molecule has 0 aliphatic heterocycles. The third-order valence-corrected chi connectivity index (χ3v) is 8.73. The first-order chi connectivity index (χ1) is 18.6. The molecule has 0 aliphatic carbocycles. The number of halogens is 2. The topological polar surface area (TPSA) is 86.8 Å². The Kier molecular flexibility index (Phi) is 10.1. The van der Waals surface area contributed by atoms with Gasteiger partial charge in [0.1, 0.15) is 12.6 Å². The fraction of sp³-hybridized carbons (Fsp3) is 0.333. The van der Waals surface area contributed by atoms with E-state index < -0.39 is 34.1 Å². The minimum Gasteiger partial charge on any atom is -0.350 e. The number of amides is 2. The molecule has 214 valence electrons. The number of hydrogen-bond donors (Lipinski definition) is 1. The Labute approximate surface area is 250 Å². The Morgan fingerprint density at radius 3 is 2.23 bits per heavy atom. The number of anilines is 1. The maximum Gasteiger partial charge on any atom is 0.264 e. The van der Waals surface area contributed by atoms with E-state index in [2.05, 4.69) is 21.2 Å². The van der Waals surface area contributed by atoms with Crippen LogP contribution in [0.1, 0.15) is 44.4 Å². The standard InChI is InChI=1S/C30H35BrClN3O4S/c1-20-10-13-26(14-11-20)40(38,39)35(27-15-12-25(32)16-21(27)2)19-28(36)34(18-23-8-7-9-24(31)17-23)22(3)29(37)33-30(4,5)6/h7-17,22H,18-19H2,1-6H3,(H,33,37)/t22-/m0/s1. The summed E-state index contributed by atoms with van der Waals surface area (Å²) in [6.07, 6.45) is 0. The van der Waals surface area contributed by atoms with E-state index in [0.29, 0.717) is 16.3 Å². The minimum absolute atomic E-state index is 0.0531. The molecule has 0 unspecified atom stereocenters. The number of sulfonamides is 1. The first kappa shape index (κ1) is 31.6. The zero-order valence-electron chi connectivity index (χ0n) is 23.5. The Balaban J connectivity index is 2.08. The van der Waals surface area contributed by atoms with Crippen molar-refractivity contribution in [2.45, 2.75) is 64.6 Å². The zero-order valence-corrected chi connectivity index (χ0v) is 26.7. The van der Waals surface area contributed by atoms with Gasteiger partial charge in [0.15, 0.2) is 0 Å². The lowest BCUT2D eigenvalue weighted by Crippen LogP contribution is -2.54. The molecule has 0 radical (unpaired) electrons. The molecule has 7 nitrogen and oxygen atoms in total. The molecule has 0 aromatic heterocycles. The van der Waals surface area contributed by atoms with Crippen molar-refractivity contribution in [1.82, 2.24) is 10.2 Å². The van der Waals surface area contributed by atoms with Gasteiger partial charge >= 0.3 is 0 Å². The number of nitrogens with one attached hydrogen (secondary N) is 1. The molecule has 0 fully saturated rings. The summed E-state index contributed by atoms with van der Waals surface area (Å²) in [5, 5.41) is 3.37. The molecule has 10 heteroatoms. The third-order valence-electron chi connectivity index (χ3n) is 6.22. The summed E-state index contributed by atoms with van der Waals surface area (Å²) in [7, 11) is -4.15. The fourth-order valence-electron chi connectivity index (χ4n) is 4.14. The number of carbonyl (C=O) groups excluding carboxylic acids is 2. The van der Waals surface area contributed by atoms with Crippen LogP contribution in [0.3, 0.4) is 0 Å². The van der Waals surface area contributed by atoms with Crippen molar-refractivity contribution in [1.29, 1.82) is 0 Å². The number of rotatable bonds is 9. The zero-order chi connectivity index (χ0) is 29.8. The molecule has 1 N–H and O–H groups in total. The summed E-state index contributed by atoms with van der Waals surface area (Å²) >= 11 is 9.62. The molecule has 0 saturated carbocycles. The van der Waals surface area contributed by atoms with Gasteiger partial charge in [-0.25, -0.2) is 8.42 Å². The number of aryl methyl sites for hydroxylation is 2. The van der Waals surface area contributed by atoms with E-state index in [0.717, 1.165) is 19.9 Å². The van der Waals surface area contributed by atoms with Gasteiger partial charge in [0.05, 0.1) is 10.6 Å². The highest BCUT2D eigenvalue weighted by Crippen LogP contribution is 2.29. The van der Waals surface area contributed by atoms with Crippen LogP contribution in [0.2, 0.25) is 5.02 Å². The highest BCUT2D eigenvalue weighted by atomic mass is 79.9. The second-order valence-corrected chi connectivity index (χ2v) is 14.0. The predicted octanol–water partition coefficient (Wildman–Crippen LogP) is 6.25. The quantitative estimate of drug-likeness (QED) is 0.297. The van der Waals surface area contributed by atoms with Gasteiger partial charge in [-0.2, -0.15) is 0 Å². The fourth-order valence-corrected chi connectivity index (χ4v) is 6.29. The van der Waals surface area contributed by atoms with E-state index in [4.69, 9.17) is 11.6 Å². The van der Waals surface area contributed by atoms with E-state index >= 15 is 0 Å². The van der Waals surface area contributed by atoms with Gasteiger partial charge in [-0.1, -0.05) is 57.4 Å². The average molecular weight is 649 g/mol. The average Bonchev–Trinajstić information content (AvgIpc) is 2.85. The molecule has 40 heavy (non-hydrogen) atoms. The molecule has 2 amide bonds. The molecule has 0 bridgehead atoms. The van der Waals surface area contributed by atoms with E-state index in [-0.39, 0.29) is 17.3 Å². The van der Waals surface area contributed by atoms with E-state index in [9.17, 15) is 18.0 Å². The minimum atomic E-state index is -4.15. The number of benzene rings is 3. The lowest BCUT2D eigenvalue weighted by Gasteiger charge is -2.34. The predicted molar refractivity (Wildman–Crippen MR) is 164 cm³/mol. The molecule has 0 heterocycles. The van der Waals surface area contributed by atoms with E-state index in [1.807, 2.05) is 52.0 Å². The van der Waals surface area contributed by atoms with Crippen LogP contribution in [0.15, 0.2) is 76.1 Å². The van der Waals surface area contributed by atoms with Crippen LogP contribution in [-0.2, 0) is 26.2 Å². The monoisotopic (exact) mass is 647 g/mol. The van der Waals surface area contributed by atoms with Crippen LogP contribution in [0.4, 0.5) is 5.69 Å². The molecule has 3 rings (SSSR count). The Morgan fingerprint density at radius 1 is 1.00 bits per heavy atom. The largest absolute Gasteiger partial charge is 0.350 e. The summed E-state index contributed by atoms with van der Waals surface area (Å²) in [6, 6.07) is 17.8. The molecule has 0 spiro atoms. The van der Waals surface area contributed by atoms with Gasteiger partial charge in [0.25, 0.3) is 10.0 Å². The van der Waals surface area contributed by atoms with Crippen molar-refractivity contribution < 1.29 is 18.0 Å². The molecule has 3 aromatic carbocycles. The summed E-state index contributed by atoms with van der Waals surface area (Å²) in [5.41, 5.74) is 2.09. The van der Waals surface area contributed by atoms with Crippen molar-refractivity contribution in [2.24, 2.45) is 0 Å². The van der Waals surface area contributed by atoms with Crippen molar-refractivity contribution in [3.63, 3.8) is 0 Å². The first-order valence-electron chi connectivity index (χ1n) is 12.8. The van der Waals surface area contributed by atoms with Crippen LogP contribution in [0.25, 0.3) is 0 Å². The lowest BCUT2D eigenvalue weighted by molar-refractivity contribution is -0.140. The Hall–Kier alpha value is -2.88. The van der Waals surface area contributed by atoms with Gasteiger partial charge in [-0.05, 0) is 95.1 Å². The molecular formula is C30H35BrClN3O4S. The lowest BCUT2D eigenvalue weighted by atomic mass is 10.1. The molecule has 0 saturated heterocycles. The van der Waals surface area contributed by atoms with Crippen LogP contribution in [0, 0.1) is 13.8 Å². The van der Waals surface area contributed by atoms with Gasteiger partial charge in [0.2, 0.25) is 11.8 Å². The van der Waals surface area contributed by atoms with Crippen molar-refractivity contribution in [3.05, 3.63) is 92.9 Å². The smallest absolute Gasteiger partial charge is 0.264 e. The van der Waals surface area contributed by atoms with E-state index in [1.165, 1.54) is 17.0 Å². The van der Waals surface area contributed by atoms with Crippen LogP contribution in [-0.4, -0.2) is 43.3 Å². The summed E-state index contributed by atoms with van der Waals surface area (Å²) in [4.78, 5) is 28.7. The Bertz CT molecular complexity index is 1490. The number of carbonyl (C=O) groups is 2. The maximum atomic E-state index is 14.0. The van der Waals surface area contributed by atoms with Gasteiger partial charge in [0, 0.05) is 21.6 Å². The van der Waals surface area contributed by atoms with Crippen LogP contribution in [0.5, 0.6) is 0 Å². The normalized spacial score (nSPS) is 12.5. The second kappa shape index (κ2) is 12.7. The SMILES string of the molecule is Cc1ccc(S(=O)(=O)N(CC(=O)N(Cc2cccc(Br)c2)[C@@H](C)C(=O)NC(C)(C)C)c2ccc(Cl)cc2C)cc1. The first-order valence-corrected chi connectivity index (χ1v) is 15.4. The summed E-state index contributed by atoms with van der Waals surface area (Å²) in [5.74, 6) is -0.868. The van der Waals surface area contributed by atoms with Gasteiger partial charge < -0.3 is 10.2 Å². The summed E-state index contributed by atoms with van der Waals surface area (Å²) < 4.78 is 29.9. The Morgan fingerprint density at radius 2 is 1.65 bits per heavy atom. The number of hydrogen-bond acceptors (Lipinski definition) is 4. The molecular weight excluding hydrogens is 614 g/mol. The van der Waals surface area contributed by atoms with Gasteiger partial charge in [-0.15, -0.1) is 0 Å². The molecule has 3 aromatic rings. The molecule has 0 aliphatic rings. The van der Waals surface area contributed by atoms with Crippen LogP contribution >= 0.6 is 27.5 Å². The van der Waals surface area contributed by atoms with Crippen molar-refractivity contribution >= 4 is 55.1 Å². The third kappa shape index (κ3) is 8.08. The van der Waals surface area contributed by atoms with Crippen molar-refractivity contribution in [3.8, 4) is 0 Å². The second-order valence-electron chi connectivity index (χ2n) is 10.8.